The number of nitro benzene ring substituents is 1. The average Bonchev–Trinajstić information content (AvgIpc) is 2.80. The number of primary amides is 1. The molecule has 0 aliphatic rings. The zero-order valence-electron chi connectivity index (χ0n) is 18.2. The molecule has 2 rings (SSSR count). The molecule has 33 heavy (non-hydrogen) atoms. The van der Waals surface area contributed by atoms with Crippen LogP contribution in [0.4, 0.5) is 10.5 Å². The van der Waals surface area contributed by atoms with Crippen LogP contribution < -0.4 is 16.4 Å². The lowest BCUT2D eigenvalue weighted by Gasteiger charge is -2.15. The smallest absolute Gasteiger partial charge is 0.407 e. The molecule has 2 aromatic rings. The predicted molar refractivity (Wildman–Crippen MR) is 121 cm³/mol. The van der Waals surface area contributed by atoms with Crippen LogP contribution in [0, 0.1) is 10.1 Å². The highest BCUT2D eigenvalue weighted by Crippen LogP contribution is 2.19. The Hall–Kier alpha value is -3.95. The van der Waals surface area contributed by atoms with Crippen LogP contribution in [-0.4, -0.2) is 35.4 Å². The fourth-order valence-electron chi connectivity index (χ4n) is 3.12. The molecule has 176 valence electrons. The highest BCUT2D eigenvalue weighted by atomic mass is 16.6. The Labute approximate surface area is 191 Å². The average molecular weight is 456 g/mol. The number of nitrogens with two attached hydrogens (primary N) is 1. The number of ether oxygens (including phenoxy) is 1. The van der Waals surface area contributed by atoms with E-state index in [1.807, 2.05) is 30.3 Å². The monoisotopic (exact) mass is 456 g/mol. The number of para-hydroxylation sites is 1. The second kappa shape index (κ2) is 13.5. The third-order valence-electron chi connectivity index (χ3n) is 4.85. The second-order valence-corrected chi connectivity index (χ2v) is 7.41. The fraction of sp³-hybridized carbons (Fsp3) is 0.348. The zero-order chi connectivity index (χ0) is 24.1. The number of amides is 3. The first-order valence-electron chi connectivity index (χ1n) is 10.6. The van der Waals surface area contributed by atoms with Gasteiger partial charge < -0.3 is 21.1 Å². The van der Waals surface area contributed by atoms with Crippen molar-refractivity contribution in [1.29, 1.82) is 0 Å². The highest BCUT2D eigenvalue weighted by molar-refractivity contribution is 5.86. The maximum absolute atomic E-state index is 12.2. The zero-order valence-corrected chi connectivity index (χ0v) is 18.2. The number of nitrogens with zero attached hydrogens (tertiary/aromatic N) is 1. The Morgan fingerprint density at radius 2 is 1.70 bits per heavy atom. The van der Waals surface area contributed by atoms with Gasteiger partial charge in [-0.15, -0.1) is 0 Å². The van der Waals surface area contributed by atoms with E-state index in [1.165, 1.54) is 18.2 Å². The Balaban J connectivity index is 1.64. The summed E-state index contributed by atoms with van der Waals surface area (Å²) in [5.41, 5.74) is 6.45. The lowest BCUT2D eigenvalue weighted by molar-refractivity contribution is -0.385. The summed E-state index contributed by atoms with van der Waals surface area (Å²) in [5, 5.41) is 16.3. The summed E-state index contributed by atoms with van der Waals surface area (Å²) in [4.78, 5) is 46.2. The second-order valence-electron chi connectivity index (χ2n) is 7.41. The quantitative estimate of drug-likeness (QED) is 0.239. The molecule has 0 fully saturated rings. The molecular formula is C23H28N4O6. The molecule has 1 atom stereocenters. The molecule has 0 aromatic heterocycles. The summed E-state index contributed by atoms with van der Waals surface area (Å²) in [5.74, 6) is -1.13. The maximum atomic E-state index is 12.2. The van der Waals surface area contributed by atoms with Gasteiger partial charge in [0.15, 0.2) is 0 Å². The number of unbranched alkanes of at least 4 members (excludes halogenated alkanes) is 2. The van der Waals surface area contributed by atoms with E-state index in [9.17, 15) is 24.5 Å². The van der Waals surface area contributed by atoms with Crippen molar-refractivity contribution in [3.05, 3.63) is 75.8 Å². The number of hydrogen-bond acceptors (Lipinski definition) is 6. The van der Waals surface area contributed by atoms with Crippen LogP contribution in [0.3, 0.4) is 0 Å². The SMILES string of the molecule is NC(=O)[C@@H](Cc1ccccc1[N+](=O)[O-])NC(=O)CCCCCNC(=O)OCc1ccccc1. The van der Waals surface area contributed by atoms with Crippen LogP contribution in [-0.2, 0) is 27.4 Å². The van der Waals surface area contributed by atoms with Crippen LogP contribution in [0.2, 0.25) is 0 Å². The van der Waals surface area contributed by atoms with Crippen molar-refractivity contribution in [3.8, 4) is 0 Å². The van der Waals surface area contributed by atoms with Crippen molar-refractivity contribution in [2.75, 3.05) is 6.54 Å². The number of carbonyl (C=O) groups is 3. The Kier molecular flexibility index (Phi) is 10.3. The summed E-state index contributed by atoms with van der Waals surface area (Å²) in [7, 11) is 0. The van der Waals surface area contributed by atoms with Crippen LogP contribution >= 0.6 is 0 Å². The number of nitro groups is 1. The number of alkyl carbamates (subject to hydrolysis) is 1. The minimum Gasteiger partial charge on any atom is -0.445 e. The molecular weight excluding hydrogens is 428 g/mol. The number of hydrogen-bond donors (Lipinski definition) is 3. The summed E-state index contributed by atoms with van der Waals surface area (Å²) in [6.07, 6.45) is 1.48. The van der Waals surface area contributed by atoms with Crippen molar-refractivity contribution in [3.63, 3.8) is 0 Å². The van der Waals surface area contributed by atoms with Gasteiger partial charge in [-0.2, -0.15) is 0 Å². The summed E-state index contributed by atoms with van der Waals surface area (Å²) in [6.45, 7) is 0.608. The highest BCUT2D eigenvalue weighted by Gasteiger charge is 2.22. The molecule has 10 heteroatoms. The van der Waals surface area contributed by atoms with Gasteiger partial charge in [-0.25, -0.2) is 4.79 Å². The molecule has 0 aliphatic carbocycles. The molecule has 0 radical (unpaired) electrons. The van der Waals surface area contributed by atoms with Gasteiger partial charge in [-0.1, -0.05) is 55.0 Å². The van der Waals surface area contributed by atoms with Gasteiger partial charge in [0.1, 0.15) is 12.6 Å². The topological polar surface area (TPSA) is 154 Å². The van der Waals surface area contributed by atoms with E-state index in [4.69, 9.17) is 10.5 Å². The van der Waals surface area contributed by atoms with E-state index in [1.54, 1.807) is 6.07 Å². The molecule has 0 heterocycles. The third kappa shape index (κ3) is 9.38. The van der Waals surface area contributed by atoms with E-state index in [2.05, 4.69) is 10.6 Å². The predicted octanol–water partition coefficient (Wildman–Crippen LogP) is 2.59. The normalized spacial score (nSPS) is 11.3. The minimum atomic E-state index is -1.04. The first-order valence-corrected chi connectivity index (χ1v) is 10.6. The van der Waals surface area contributed by atoms with Crippen LogP contribution in [0.5, 0.6) is 0 Å². The molecule has 0 spiro atoms. The number of carbonyl (C=O) groups excluding carboxylic acids is 3. The molecule has 2 aromatic carbocycles. The molecule has 10 nitrogen and oxygen atoms in total. The molecule has 0 saturated heterocycles. The molecule has 0 unspecified atom stereocenters. The molecule has 0 aliphatic heterocycles. The van der Waals surface area contributed by atoms with Gasteiger partial charge in [-0.3, -0.25) is 19.7 Å². The lowest BCUT2D eigenvalue weighted by atomic mass is 10.0. The van der Waals surface area contributed by atoms with Gasteiger partial charge in [0.05, 0.1) is 4.92 Å². The van der Waals surface area contributed by atoms with E-state index < -0.39 is 23.0 Å². The largest absolute Gasteiger partial charge is 0.445 e. The number of rotatable bonds is 13. The van der Waals surface area contributed by atoms with Crippen LogP contribution in [0.15, 0.2) is 54.6 Å². The Morgan fingerprint density at radius 3 is 2.39 bits per heavy atom. The lowest BCUT2D eigenvalue weighted by Crippen LogP contribution is -2.45. The van der Waals surface area contributed by atoms with Crippen molar-refractivity contribution in [1.82, 2.24) is 10.6 Å². The first kappa shape index (κ1) is 25.3. The van der Waals surface area contributed by atoms with Gasteiger partial charge in [0, 0.05) is 31.0 Å². The van der Waals surface area contributed by atoms with Crippen molar-refractivity contribution >= 4 is 23.6 Å². The van der Waals surface area contributed by atoms with E-state index >= 15 is 0 Å². The summed E-state index contributed by atoms with van der Waals surface area (Å²) < 4.78 is 5.11. The standard InChI is InChI=1S/C23H28N4O6/c24-22(29)19(15-18-11-6-7-12-20(18)27(31)32)26-21(28)13-5-2-8-14-25-23(30)33-16-17-9-3-1-4-10-17/h1,3-4,6-7,9-12,19H,2,5,8,13-16H2,(H2,24,29)(H,25,30)(H,26,28)/t19-/m1/s1. The molecule has 0 saturated carbocycles. The summed E-state index contributed by atoms with van der Waals surface area (Å²) in [6, 6.07) is 14.3. The van der Waals surface area contributed by atoms with Crippen LogP contribution in [0.25, 0.3) is 0 Å². The van der Waals surface area contributed by atoms with Gasteiger partial charge in [0.25, 0.3) is 5.69 Å². The molecule has 3 amide bonds. The van der Waals surface area contributed by atoms with E-state index in [0.29, 0.717) is 31.4 Å². The first-order chi connectivity index (χ1) is 15.9. The Morgan fingerprint density at radius 1 is 1.00 bits per heavy atom. The number of benzene rings is 2. The fourth-order valence-corrected chi connectivity index (χ4v) is 3.12. The van der Waals surface area contributed by atoms with Crippen molar-refractivity contribution < 1.29 is 24.0 Å². The van der Waals surface area contributed by atoms with E-state index in [-0.39, 0.29) is 31.0 Å². The molecule has 0 bridgehead atoms. The minimum absolute atomic E-state index is 0.0623. The van der Waals surface area contributed by atoms with Crippen molar-refractivity contribution in [2.24, 2.45) is 5.73 Å². The van der Waals surface area contributed by atoms with Gasteiger partial charge in [0.2, 0.25) is 11.8 Å². The van der Waals surface area contributed by atoms with Gasteiger partial charge in [-0.05, 0) is 18.4 Å². The third-order valence-corrected chi connectivity index (χ3v) is 4.85. The number of nitrogens with one attached hydrogen (secondary N) is 2. The molecule has 4 N–H and O–H groups in total. The van der Waals surface area contributed by atoms with Gasteiger partial charge >= 0.3 is 6.09 Å². The Bertz CT molecular complexity index is 951. The van der Waals surface area contributed by atoms with Crippen molar-refractivity contribution in [2.45, 2.75) is 44.8 Å². The van der Waals surface area contributed by atoms with Crippen LogP contribution in [0.1, 0.15) is 36.8 Å². The maximum Gasteiger partial charge on any atom is 0.407 e. The summed E-state index contributed by atoms with van der Waals surface area (Å²) >= 11 is 0. The van der Waals surface area contributed by atoms with E-state index in [0.717, 1.165) is 5.56 Å².